The number of hydrogen-bond acceptors (Lipinski definition) is 6. The van der Waals surface area contributed by atoms with Crippen LogP contribution in [0.5, 0.6) is 0 Å². The molecular weight excluding hydrogens is 336 g/mol. The van der Waals surface area contributed by atoms with Crippen molar-refractivity contribution in [3.8, 4) is 0 Å². The fourth-order valence-corrected chi connectivity index (χ4v) is 3.68. The van der Waals surface area contributed by atoms with Crippen molar-refractivity contribution in [3.63, 3.8) is 0 Å². The minimum Gasteiger partial charge on any atom is -0.352 e. The van der Waals surface area contributed by atoms with Gasteiger partial charge >= 0.3 is 0 Å². The first-order valence-corrected chi connectivity index (χ1v) is 9.81. The van der Waals surface area contributed by atoms with Crippen LogP contribution < -0.4 is 5.32 Å². The molecule has 2 atom stereocenters. The molecule has 0 bridgehead atoms. The molecule has 0 saturated carbocycles. The molecular formula is C18H24N4O2S. The number of benzene rings is 1. The highest BCUT2D eigenvalue weighted by molar-refractivity contribution is 7.97. The van der Waals surface area contributed by atoms with Crippen LogP contribution in [-0.2, 0) is 17.1 Å². The van der Waals surface area contributed by atoms with Crippen molar-refractivity contribution in [1.82, 2.24) is 20.4 Å². The molecule has 2 heterocycles. The Hall–Kier alpha value is -1.86. The van der Waals surface area contributed by atoms with E-state index in [1.165, 1.54) is 11.1 Å². The summed E-state index contributed by atoms with van der Waals surface area (Å²) in [6.07, 6.45) is 2.01. The first kappa shape index (κ1) is 17.9. The second-order valence-electron chi connectivity index (χ2n) is 6.56. The SMILES string of the molecule is CSCc1noc(CN2C[C@@H](NC(C)=O)[C@H](c3ccc(C)cc3)C2)n1. The zero-order chi connectivity index (χ0) is 17.8. The molecule has 1 fully saturated rings. The Kier molecular flexibility index (Phi) is 5.75. The van der Waals surface area contributed by atoms with E-state index < -0.39 is 0 Å². The second kappa shape index (κ2) is 8.01. The monoisotopic (exact) mass is 360 g/mol. The summed E-state index contributed by atoms with van der Waals surface area (Å²) in [6.45, 7) is 5.89. The van der Waals surface area contributed by atoms with E-state index in [0.717, 1.165) is 24.7 Å². The molecule has 1 amide bonds. The van der Waals surface area contributed by atoms with Crippen LogP contribution in [0.1, 0.15) is 35.7 Å². The molecule has 25 heavy (non-hydrogen) atoms. The van der Waals surface area contributed by atoms with Crippen LogP contribution in [0.25, 0.3) is 0 Å². The van der Waals surface area contributed by atoms with Crippen molar-refractivity contribution in [2.45, 2.75) is 38.1 Å². The predicted molar refractivity (Wildman–Crippen MR) is 98.3 cm³/mol. The number of hydrogen-bond donors (Lipinski definition) is 1. The number of amides is 1. The van der Waals surface area contributed by atoms with Crippen molar-refractivity contribution in [1.29, 1.82) is 0 Å². The quantitative estimate of drug-likeness (QED) is 0.853. The fraction of sp³-hybridized carbons (Fsp3) is 0.500. The van der Waals surface area contributed by atoms with Crippen LogP contribution in [0.3, 0.4) is 0 Å². The maximum Gasteiger partial charge on any atom is 0.240 e. The van der Waals surface area contributed by atoms with Crippen LogP contribution in [0.15, 0.2) is 28.8 Å². The molecule has 0 aliphatic carbocycles. The zero-order valence-corrected chi connectivity index (χ0v) is 15.7. The molecule has 7 heteroatoms. The third-order valence-electron chi connectivity index (χ3n) is 4.43. The van der Waals surface area contributed by atoms with Gasteiger partial charge in [-0.05, 0) is 18.7 Å². The average molecular weight is 360 g/mol. The van der Waals surface area contributed by atoms with Crippen LogP contribution in [-0.4, -0.2) is 46.3 Å². The second-order valence-corrected chi connectivity index (χ2v) is 7.42. The van der Waals surface area contributed by atoms with Gasteiger partial charge in [-0.3, -0.25) is 9.69 Å². The largest absolute Gasteiger partial charge is 0.352 e. The summed E-state index contributed by atoms with van der Waals surface area (Å²) in [6, 6.07) is 8.64. The van der Waals surface area contributed by atoms with Crippen molar-refractivity contribution in [2.24, 2.45) is 0 Å². The van der Waals surface area contributed by atoms with E-state index in [1.807, 2.05) is 6.26 Å². The lowest BCUT2D eigenvalue weighted by Crippen LogP contribution is -2.38. The highest BCUT2D eigenvalue weighted by atomic mass is 32.2. The molecule has 1 aliphatic rings. The van der Waals surface area contributed by atoms with Gasteiger partial charge in [0.2, 0.25) is 11.8 Å². The maximum atomic E-state index is 11.6. The van der Waals surface area contributed by atoms with E-state index in [-0.39, 0.29) is 17.9 Å². The van der Waals surface area contributed by atoms with E-state index in [9.17, 15) is 4.79 Å². The van der Waals surface area contributed by atoms with Crippen molar-refractivity contribution in [3.05, 3.63) is 47.1 Å². The zero-order valence-electron chi connectivity index (χ0n) is 14.9. The summed E-state index contributed by atoms with van der Waals surface area (Å²) in [5.41, 5.74) is 2.49. The number of carbonyl (C=O) groups is 1. The summed E-state index contributed by atoms with van der Waals surface area (Å²) in [4.78, 5) is 18.3. The summed E-state index contributed by atoms with van der Waals surface area (Å²) in [5, 5.41) is 7.09. The lowest BCUT2D eigenvalue weighted by atomic mass is 9.93. The van der Waals surface area contributed by atoms with Gasteiger partial charge < -0.3 is 9.84 Å². The topological polar surface area (TPSA) is 71.3 Å². The third kappa shape index (κ3) is 4.61. The Labute approximate surface area is 152 Å². The Morgan fingerprint density at radius 2 is 2.12 bits per heavy atom. The number of thioether (sulfide) groups is 1. The molecule has 0 radical (unpaired) electrons. The number of aryl methyl sites for hydroxylation is 1. The van der Waals surface area contributed by atoms with Crippen LogP contribution in [0.4, 0.5) is 0 Å². The van der Waals surface area contributed by atoms with Crippen LogP contribution in [0, 0.1) is 6.92 Å². The van der Waals surface area contributed by atoms with Gasteiger partial charge in [0.15, 0.2) is 5.82 Å². The Bertz CT molecular complexity index is 716. The summed E-state index contributed by atoms with van der Waals surface area (Å²) in [5.74, 6) is 2.39. The Morgan fingerprint density at radius 3 is 2.80 bits per heavy atom. The first-order valence-electron chi connectivity index (χ1n) is 8.41. The first-order chi connectivity index (χ1) is 12.0. The maximum absolute atomic E-state index is 11.6. The van der Waals surface area contributed by atoms with Gasteiger partial charge in [0.05, 0.1) is 12.3 Å². The molecule has 1 aliphatic heterocycles. The Balaban J connectivity index is 1.71. The van der Waals surface area contributed by atoms with Crippen LogP contribution >= 0.6 is 11.8 Å². The van der Waals surface area contributed by atoms with Gasteiger partial charge in [-0.25, -0.2) is 0 Å². The minimum atomic E-state index is 0.00371. The molecule has 0 spiro atoms. The number of nitrogens with one attached hydrogen (secondary N) is 1. The van der Waals surface area contributed by atoms with E-state index in [1.54, 1.807) is 18.7 Å². The molecule has 0 unspecified atom stereocenters. The third-order valence-corrected chi connectivity index (χ3v) is 4.98. The summed E-state index contributed by atoms with van der Waals surface area (Å²) >= 11 is 1.67. The van der Waals surface area contributed by atoms with Gasteiger partial charge in [0.25, 0.3) is 0 Å². The van der Waals surface area contributed by atoms with Crippen LogP contribution in [0.2, 0.25) is 0 Å². The highest BCUT2D eigenvalue weighted by Crippen LogP contribution is 2.29. The van der Waals surface area contributed by atoms with Crippen molar-refractivity contribution >= 4 is 17.7 Å². The minimum absolute atomic E-state index is 0.00371. The van der Waals surface area contributed by atoms with Gasteiger partial charge in [-0.2, -0.15) is 16.7 Å². The van der Waals surface area contributed by atoms with Gasteiger partial charge in [-0.15, -0.1) is 0 Å². The van der Waals surface area contributed by atoms with Gasteiger partial charge in [-0.1, -0.05) is 35.0 Å². The van der Waals surface area contributed by atoms with Crippen molar-refractivity contribution < 1.29 is 9.32 Å². The number of likely N-dealkylation sites (tertiary alicyclic amines) is 1. The normalized spacial score (nSPS) is 20.8. The lowest BCUT2D eigenvalue weighted by Gasteiger charge is -2.19. The average Bonchev–Trinajstić information content (AvgIpc) is 3.15. The number of aromatic nitrogens is 2. The van der Waals surface area contributed by atoms with E-state index >= 15 is 0 Å². The smallest absolute Gasteiger partial charge is 0.240 e. The molecule has 1 aromatic heterocycles. The molecule has 6 nitrogen and oxygen atoms in total. The van der Waals surface area contributed by atoms with Crippen molar-refractivity contribution in [2.75, 3.05) is 19.3 Å². The molecule has 1 saturated heterocycles. The Morgan fingerprint density at radius 1 is 1.36 bits per heavy atom. The van der Waals surface area contributed by atoms with Gasteiger partial charge in [0, 0.05) is 32.0 Å². The number of nitrogens with zero attached hydrogens (tertiary/aromatic N) is 3. The summed E-state index contributed by atoms with van der Waals surface area (Å²) in [7, 11) is 0. The van der Waals surface area contributed by atoms with Gasteiger partial charge in [0.1, 0.15) is 0 Å². The molecule has 1 N–H and O–H groups in total. The molecule has 134 valence electrons. The number of carbonyl (C=O) groups excluding carboxylic acids is 1. The summed E-state index contributed by atoms with van der Waals surface area (Å²) < 4.78 is 5.35. The highest BCUT2D eigenvalue weighted by Gasteiger charge is 2.35. The van der Waals surface area contributed by atoms with E-state index in [0.29, 0.717) is 12.4 Å². The molecule has 1 aromatic carbocycles. The molecule has 2 aromatic rings. The van der Waals surface area contributed by atoms with E-state index in [2.05, 4.69) is 51.5 Å². The fourth-order valence-electron chi connectivity index (χ4n) is 3.31. The standard InChI is InChI=1S/C18H24N4O2S/c1-12-4-6-14(7-5-12)15-8-22(9-16(15)19-13(2)23)10-18-20-17(11-25-3)21-24-18/h4-7,15-16H,8-11H2,1-3H3,(H,19,23)/t15-,16+/m0/s1. The lowest BCUT2D eigenvalue weighted by molar-refractivity contribution is -0.119. The number of rotatable bonds is 6. The predicted octanol–water partition coefficient (Wildman–Crippen LogP) is 2.35. The molecule has 3 rings (SSSR count). The van der Waals surface area contributed by atoms with E-state index in [4.69, 9.17) is 4.52 Å².